The molecule has 0 radical (unpaired) electrons. The Hall–Kier alpha value is -1.70. The van der Waals surface area contributed by atoms with E-state index in [9.17, 15) is 22.0 Å². The number of halogens is 2. The van der Waals surface area contributed by atoms with Gasteiger partial charge in [-0.15, -0.1) is 0 Å². The van der Waals surface area contributed by atoms with Gasteiger partial charge in [-0.3, -0.25) is 4.79 Å². The largest absolute Gasteiger partial charge is 0.435 e. The van der Waals surface area contributed by atoms with Gasteiger partial charge in [-0.1, -0.05) is 32.0 Å². The van der Waals surface area contributed by atoms with E-state index in [1.807, 2.05) is 13.8 Å². The molecule has 2 unspecified atom stereocenters. The third-order valence-electron chi connectivity index (χ3n) is 4.13. The molecule has 0 saturated carbocycles. The van der Waals surface area contributed by atoms with Crippen LogP contribution in [0, 0.1) is 11.8 Å². The predicted molar refractivity (Wildman–Crippen MR) is 90.1 cm³/mol. The maximum atomic E-state index is 12.4. The lowest BCUT2D eigenvalue weighted by molar-refractivity contribution is -0.131. The molecule has 1 saturated heterocycles. The molecule has 1 aliphatic rings. The standard InChI is InChI=1S/C17H23F2NO4S/c1-12-7-13(2)9-20(8-12)16(21)11-25(22,23)10-14-5-3-4-6-15(14)24-17(18)19/h3-6,12-13,17H,7-11H2,1-2H3. The molecule has 2 atom stereocenters. The average Bonchev–Trinajstić information content (AvgIpc) is 2.47. The van der Waals surface area contributed by atoms with Crippen LogP contribution in [-0.2, 0) is 20.4 Å². The molecule has 140 valence electrons. The Labute approximate surface area is 146 Å². The van der Waals surface area contributed by atoms with E-state index >= 15 is 0 Å². The fourth-order valence-corrected chi connectivity index (χ4v) is 4.64. The second-order valence-electron chi connectivity index (χ2n) is 6.76. The van der Waals surface area contributed by atoms with Crippen LogP contribution in [0.5, 0.6) is 5.75 Å². The van der Waals surface area contributed by atoms with Gasteiger partial charge in [-0.2, -0.15) is 8.78 Å². The van der Waals surface area contributed by atoms with Crippen LogP contribution in [0.2, 0.25) is 0 Å². The van der Waals surface area contributed by atoms with Gasteiger partial charge in [0.2, 0.25) is 5.91 Å². The molecule has 0 aliphatic carbocycles. The summed E-state index contributed by atoms with van der Waals surface area (Å²) in [7, 11) is -3.79. The summed E-state index contributed by atoms with van der Waals surface area (Å²) in [4.78, 5) is 13.9. The highest BCUT2D eigenvalue weighted by Gasteiger charge is 2.29. The molecule has 1 amide bonds. The number of likely N-dealkylation sites (tertiary alicyclic amines) is 1. The first-order valence-electron chi connectivity index (χ1n) is 8.17. The third-order valence-corrected chi connectivity index (χ3v) is 5.57. The van der Waals surface area contributed by atoms with Gasteiger partial charge in [0.25, 0.3) is 0 Å². The van der Waals surface area contributed by atoms with E-state index in [4.69, 9.17) is 0 Å². The number of rotatable bonds is 6. The van der Waals surface area contributed by atoms with Gasteiger partial charge in [0.1, 0.15) is 11.5 Å². The molecule has 1 aromatic rings. The number of nitrogens with zero attached hydrogens (tertiary/aromatic N) is 1. The molecule has 0 bridgehead atoms. The second-order valence-corrected chi connectivity index (χ2v) is 8.83. The van der Waals surface area contributed by atoms with Crippen molar-refractivity contribution in [3.63, 3.8) is 0 Å². The Kier molecular flexibility index (Phi) is 6.37. The topological polar surface area (TPSA) is 63.7 Å². The molecule has 1 heterocycles. The number of carbonyl (C=O) groups excluding carboxylic acids is 1. The number of amides is 1. The number of ether oxygens (including phenoxy) is 1. The molecule has 1 aromatic carbocycles. The van der Waals surface area contributed by atoms with E-state index < -0.39 is 33.9 Å². The zero-order valence-corrected chi connectivity index (χ0v) is 15.1. The fraction of sp³-hybridized carbons (Fsp3) is 0.588. The summed E-state index contributed by atoms with van der Waals surface area (Å²) >= 11 is 0. The number of benzene rings is 1. The van der Waals surface area contributed by atoms with Crippen molar-refractivity contribution in [3.8, 4) is 5.75 Å². The first kappa shape index (κ1) is 19.6. The third kappa shape index (κ3) is 5.95. The molecular weight excluding hydrogens is 352 g/mol. The summed E-state index contributed by atoms with van der Waals surface area (Å²) < 4.78 is 53.9. The van der Waals surface area contributed by atoms with Crippen LogP contribution < -0.4 is 4.74 Å². The quantitative estimate of drug-likeness (QED) is 0.767. The number of sulfone groups is 1. The molecule has 1 aliphatic heterocycles. The van der Waals surface area contributed by atoms with Crippen molar-refractivity contribution < 1.29 is 26.7 Å². The minimum Gasteiger partial charge on any atom is -0.435 e. The molecular formula is C17H23F2NO4S. The van der Waals surface area contributed by atoms with Crippen LogP contribution in [0.4, 0.5) is 8.78 Å². The molecule has 1 fully saturated rings. The van der Waals surface area contributed by atoms with E-state index in [1.165, 1.54) is 18.2 Å². The number of hydrogen-bond acceptors (Lipinski definition) is 4. The SMILES string of the molecule is CC1CC(C)CN(C(=O)CS(=O)(=O)Cc2ccccc2OC(F)F)C1. The molecule has 0 N–H and O–H groups in total. The Morgan fingerprint density at radius 1 is 1.24 bits per heavy atom. The van der Waals surface area contributed by atoms with Crippen LogP contribution in [0.15, 0.2) is 24.3 Å². The van der Waals surface area contributed by atoms with Crippen LogP contribution in [0.1, 0.15) is 25.8 Å². The number of alkyl halides is 2. The van der Waals surface area contributed by atoms with Crippen molar-refractivity contribution in [2.24, 2.45) is 11.8 Å². The van der Waals surface area contributed by atoms with E-state index in [-0.39, 0.29) is 11.3 Å². The number of piperidine rings is 1. The van der Waals surface area contributed by atoms with Gasteiger partial charge < -0.3 is 9.64 Å². The summed E-state index contributed by atoms with van der Waals surface area (Å²) in [6.07, 6.45) is 1.01. The zero-order valence-electron chi connectivity index (χ0n) is 14.3. The van der Waals surface area contributed by atoms with Crippen LogP contribution >= 0.6 is 0 Å². The first-order chi connectivity index (χ1) is 11.7. The van der Waals surface area contributed by atoms with Crippen LogP contribution in [0.25, 0.3) is 0 Å². The Balaban J connectivity index is 2.06. The van der Waals surface area contributed by atoms with Gasteiger partial charge in [-0.05, 0) is 24.3 Å². The minimum atomic E-state index is -3.79. The van der Waals surface area contributed by atoms with E-state index in [1.54, 1.807) is 11.0 Å². The lowest BCUT2D eigenvalue weighted by Crippen LogP contribution is -2.45. The van der Waals surface area contributed by atoms with Gasteiger partial charge in [-0.25, -0.2) is 8.42 Å². The van der Waals surface area contributed by atoms with Gasteiger partial charge in [0.15, 0.2) is 9.84 Å². The van der Waals surface area contributed by atoms with Crippen molar-refractivity contribution in [2.75, 3.05) is 18.8 Å². The molecule has 8 heteroatoms. The lowest BCUT2D eigenvalue weighted by Gasteiger charge is -2.35. The monoisotopic (exact) mass is 375 g/mol. The van der Waals surface area contributed by atoms with E-state index in [0.717, 1.165) is 6.42 Å². The van der Waals surface area contributed by atoms with Crippen molar-refractivity contribution in [2.45, 2.75) is 32.6 Å². The lowest BCUT2D eigenvalue weighted by atomic mass is 9.92. The maximum absolute atomic E-state index is 12.4. The highest BCUT2D eigenvalue weighted by atomic mass is 32.2. The van der Waals surface area contributed by atoms with Crippen molar-refractivity contribution in [1.82, 2.24) is 4.90 Å². The normalized spacial score (nSPS) is 21.4. The van der Waals surface area contributed by atoms with Crippen LogP contribution in [-0.4, -0.2) is 44.7 Å². The highest BCUT2D eigenvalue weighted by Crippen LogP contribution is 2.24. The summed E-state index contributed by atoms with van der Waals surface area (Å²) in [5.41, 5.74) is 0.121. The summed E-state index contributed by atoms with van der Waals surface area (Å²) in [6, 6.07) is 5.71. The molecule has 0 spiro atoms. The smallest absolute Gasteiger partial charge is 0.387 e. The van der Waals surface area contributed by atoms with E-state index in [2.05, 4.69) is 4.74 Å². The highest BCUT2D eigenvalue weighted by molar-refractivity contribution is 7.91. The van der Waals surface area contributed by atoms with Crippen molar-refractivity contribution in [1.29, 1.82) is 0 Å². The molecule has 5 nitrogen and oxygen atoms in total. The number of para-hydroxylation sites is 1. The van der Waals surface area contributed by atoms with Gasteiger partial charge in [0, 0.05) is 18.7 Å². The molecule has 25 heavy (non-hydrogen) atoms. The van der Waals surface area contributed by atoms with Crippen molar-refractivity contribution in [3.05, 3.63) is 29.8 Å². The average molecular weight is 375 g/mol. The maximum Gasteiger partial charge on any atom is 0.387 e. The van der Waals surface area contributed by atoms with Gasteiger partial charge in [0.05, 0.1) is 5.75 Å². The Morgan fingerprint density at radius 2 is 1.84 bits per heavy atom. The van der Waals surface area contributed by atoms with Gasteiger partial charge >= 0.3 is 6.61 Å². The Morgan fingerprint density at radius 3 is 2.44 bits per heavy atom. The predicted octanol–water partition coefficient (Wildman–Crippen LogP) is 2.71. The zero-order chi connectivity index (χ0) is 18.6. The fourth-order valence-electron chi connectivity index (χ4n) is 3.27. The number of carbonyl (C=O) groups is 1. The van der Waals surface area contributed by atoms with E-state index in [0.29, 0.717) is 24.9 Å². The van der Waals surface area contributed by atoms with Crippen molar-refractivity contribution >= 4 is 15.7 Å². The molecule has 0 aromatic heterocycles. The Bertz CT molecular complexity index is 698. The minimum absolute atomic E-state index is 0.121. The first-order valence-corrected chi connectivity index (χ1v) is 9.99. The van der Waals surface area contributed by atoms with Crippen LogP contribution in [0.3, 0.4) is 0 Å². The summed E-state index contributed by atoms with van der Waals surface area (Å²) in [5.74, 6) is -1.11. The summed E-state index contributed by atoms with van der Waals surface area (Å²) in [6.45, 7) is 2.11. The summed E-state index contributed by atoms with van der Waals surface area (Å²) in [5, 5.41) is 0. The molecule has 2 rings (SSSR count). The number of hydrogen-bond donors (Lipinski definition) is 0. The second kappa shape index (κ2) is 8.12.